The Morgan fingerprint density at radius 3 is 3.07 bits per heavy atom. The highest BCUT2D eigenvalue weighted by Gasteiger charge is 2.22. The molecule has 1 aromatic carbocycles. The number of nitrogens with one attached hydrogen (secondary N) is 1. The maximum absolute atomic E-state index is 13.6. The molecular formula is C11H14FNO2. The first-order valence-electron chi connectivity index (χ1n) is 4.97. The minimum Gasteiger partial charge on any atom is -0.496 e. The van der Waals surface area contributed by atoms with E-state index in [1.165, 1.54) is 13.2 Å². The van der Waals surface area contributed by atoms with E-state index in [1.807, 2.05) is 0 Å². The van der Waals surface area contributed by atoms with Gasteiger partial charge in [-0.1, -0.05) is 6.07 Å². The zero-order chi connectivity index (χ0) is 10.7. The summed E-state index contributed by atoms with van der Waals surface area (Å²) >= 11 is 0. The topological polar surface area (TPSA) is 30.5 Å². The molecule has 1 unspecified atom stereocenters. The van der Waals surface area contributed by atoms with Gasteiger partial charge in [0, 0.05) is 13.1 Å². The molecule has 2 rings (SSSR count). The Labute approximate surface area is 88.2 Å². The molecule has 0 spiro atoms. The number of methoxy groups -OCH3 is 1. The molecule has 0 radical (unpaired) electrons. The lowest BCUT2D eigenvalue weighted by atomic mass is 10.1. The van der Waals surface area contributed by atoms with Gasteiger partial charge >= 0.3 is 0 Å². The van der Waals surface area contributed by atoms with Crippen molar-refractivity contribution < 1.29 is 13.9 Å². The third kappa shape index (κ3) is 2.11. The molecule has 1 saturated heterocycles. The van der Waals surface area contributed by atoms with Gasteiger partial charge < -0.3 is 14.8 Å². The van der Waals surface area contributed by atoms with Crippen LogP contribution in [0.1, 0.15) is 11.7 Å². The summed E-state index contributed by atoms with van der Waals surface area (Å²) in [5, 5.41) is 3.16. The number of hydrogen-bond acceptors (Lipinski definition) is 3. The molecule has 1 heterocycles. The molecule has 3 nitrogen and oxygen atoms in total. The molecule has 0 bridgehead atoms. The molecule has 0 aliphatic carbocycles. The lowest BCUT2D eigenvalue weighted by Crippen LogP contribution is -2.34. The monoisotopic (exact) mass is 211 g/mol. The van der Waals surface area contributed by atoms with Gasteiger partial charge in [0.25, 0.3) is 0 Å². The second-order valence-electron chi connectivity index (χ2n) is 3.42. The number of ether oxygens (including phenoxy) is 2. The first kappa shape index (κ1) is 10.4. The maximum Gasteiger partial charge on any atom is 0.132 e. The molecule has 0 saturated carbocycles. The third-order valence-electron chi connectivity index (χ3n) is 2.48. The zero-order valence-electron chi connectivity index (χ0n) is 8.63. The second kappa shape index (κ2) is 4.59. The number of halogens is 1. The molecule has 4 heteroatoms. The van der Waals surface area contributed by atoms with Gasteiger partial charge in [0.15, 0.2) is 0 Å². The van der Waals surface area contributed by atoms with E-state index in [-0.39, 0.29) is 11.9 Å². The van der Waals surface area contributed by atoms with Crippen LogP contribution < -0.4 is 10.1 Å². The summed E-state index contributed by atoms with van der Waals surface area (Å²) in [6, 6.07) is 4.81. The van der Waals surface area contributed by atoms with Gasteiger partial charge in [-0.15, -0.1) is 0 Å². The molecule has 1 atom stereocenters. The van der Waals surface area contributed by atoms with Crippen molar-refractivity contribution in [3.63, 3.8) is 0 Å². The Balaban J connectivity index is 2.31. The molecule has 1 aliphatic heterocycles. The van der Waals surface area contributed by atoms with E-state index in [4.69, 9.17) is 9.47 Å². The predicted octanol–water partition coefficient (Wildman–Crippen LogP) is 1.50. The summed E-state index contributed by atoms with van der Waals surface area (Å²) in [5.41, 5.74) is 0.507. The Kier molecular flexibility index (Phi) is 3.18. The smallest absolute Gasteiger partial charge is 0.132 e. The zero-order valence-corrected chi connectivity index (χ0v) is 8.63. The number of hydrogen-bond donors (Lipinski definition) is 1. The van der Waals surface area contributed by atoms with Crippen LogP contribution in [-0.4, -0.2) is 26.8 Å². The van der Waals surface area contributed by atoms with Gasteiger partial charge in [-0.2, -0.15) is 0 Å². The number of benzene rings is 1. The SMILES string of the molecule is COc1cccc(F)c1C1CNCCO1. The quantitative estimate of drug-likeness (QED) is 0.804. The van der Waals surface area contributed by atoms with Crippen molar-refractivity contribution in [3.05, 3.63) is 29.6 Å². The first-order chi connectivity index (χ1) is 7.33. The Morgan fingerprint density at radius 2 is 2.40 bits per heavy atom. The minimum atomic E-state index is -0.275. The van der Waals surface area contributed by atoms with Crippen LogP contribution in [0.2, 0.25) is 0 Å². The van der Waals surface area contributed by atoms with Crippen LogP contribution in [0, 0.1) is 5.82 Å². The van der Waals surface area contributed by atoms with Crippen molar-refractivity contribution in [2.45, 2.75) is 6.10 Å². The highest BCUT2D eigenvalue weighted by Crippen LogP contribution is 2.30. The number of rotatable bonds is 2. The van der Waals surface area contributed by atoms with Crippen molar-refractivity contribution in [1.29, 1.82) is 0 Å². The van der Waals surface area contributed by atoms with E-state index in [0.717, 1.165) is 6.54 Å². The molecule has 1 aliphatic rings. The van der Waals surface area contributed by atoms with Gasteiger partial charge in [0.1, 0.15) is 17.7 Å². The molecule has 1 aromatic rings. The summed E-state index contributed by atoms with van der Waals surface area (Å²) in [7, 11) is 1.54. The second-order valence-corrected chi connectivity index (χ2v) is 3.42. The van der Waals surface area contributed by atoms with E-state index < -0.39 is 0 Å². The van der Waals surface area contributed by atoms with Crippen molar-refractivity contribution in [3.8, 4) is 5.75 Å². The molecule has 1 fully saturated rings. The lowest BCUT2D eigenvalue weighted by molar-refractivity contribution is 0.0240. The summed E-state index contributed by atoms with van der Waals surface area (Å²) in [5.74, 6) is 0.270. The van der Waals surface area contributed by atoms with Crippen LogP contribution in [-0.2, 0) is 4.74 Å². The normalized spacial score (nSPS) is 21.3. The highest BCUT2D eigenvalue weighted by atomic mass is 19.1. The standard InChI is InChI=1S/C11H14FNO2/c1-14-9-4-2-3-8(12)11(9)10-7-13-5-6-15-10/h2-4,10,13H,5-7H2,1H3. The average molecular weight is 211 g/mol. The molecular weight excluding hydrogens is 197 g/mol. The predicted molar refractivity (Wildman–Crippen MR) is 54.5 cm³/mol. The van der Waals surface area contributed by atoms with Gasteiger partial charge in [-0.25, -0.2) is 4.39 Å². The fourth-order valence-electron chi connectivity index (χ4n) is 1.76. The Morgan fingerprint density at radius 1 is 1.53 bits per heavy atom. The van der Waals surface area contributed by atoms with E-state index in [1.54, 1.807) is 12.1 Å². The largest absolute Gasteiger partial charge is 0.496 e. The van der Waals surface area contributed by atoms with Crippen molar-refractivity contribution in [2.24, 2.45) is 0 Å². The molecule has 1 N–H and O–H groups in total. The molecule has 82 valence electrons. The van der Waals surface area contributed by atoms with Crippen molar-refractivity contribution in [2.75, 3.05) is 26.8 Å². The summed E-state index contributed by atoms with van der Waals surface area (Å²) in [4.78, 5) is 0. The van der Waals surface area contributed by atoms with Crippen molar-refractivity contribution in [1.82, 2.24) is 5.32 Å². The van der Waals surface area contributed by atoms with E-state index in [0.29, 0.717) is 24.5 Å². The minimum absolute atomic E-state index is 0.255. The van der Waals surface area contributed by atoms with E-state index in [9.17, 15) is 4.39 Å². The fourth-order valence-corrected chi connectivity index (χ4v) is 1.76. The summed E-state index contributed by atoms with van der Waals surface area (Å²) in [6.45, 7) is 2.03. The Hall–Kier alpha value is -1.13. The van der Waals surface area contributed by atoms with Gasteiger partial charge in [0.2, 0.25) is 0 Å². The summed E-state index contributed by atoms with van der Waals surface area (Å²) in [6.07, 6.45) is -0.255. The number of morpholine rings is 1. The fraction of sp³-hybridized carbons (Fsp3) is 0.455. The first-order valence-corrected chi connectivity index (χ1v) is 4.97. The molecule has 15 heavy (non-hydrogen) atoms. The summed E-state index contributed by atoms with van der Waals surface area (Å²) < 4.78 is 24.3. The van der Waals surface area contributed by atoms with E-state index in [2.05, 4.69) is 5.32 Å². The molecule has 0 amide bonds. The lowest BCUT2D eigenvalue weighted by Gasteiger charge is -2.25. The average Bonchev–Trinajstić information content (AvgIpc) is 2.29. The third-order valence-corrected chi connectivity index (χ3v) is 2.48. The van der Waals surface area contributed by atoms with Crippen LogP contribution in [0.5, 0.6) is 5.75 Å². The van der Waals surface area contributed by atoms with Crippen LogP contribution in [0.3, 0.4) is 0 Å². The van der Waals surface area contributed by atoms with Gasteiger partial charge in [-0.05, 0) is 12.1 Å². The van der Waals surface area contributed by atoms with Crippen molar-refractivity contribution >= 4 is 0 Å². The van der Waals surface area contributed by atoms with Crippen LogP contribution in [0.15, 0.2) is 18.2 Å². The Bertz CT molecular complexity index is 337. The van der Waals surface area contributed by atoms with Gasteiger partial charge in [-0.3, -0.25) is 0 Å². The van der Waals surface area contributed by atoms with Crippen LogP contribution in [0.4, 0.5) is 4.39 Å². The van der Waals surface area contributed by atoms with Crippen LogP contribution >= 0.6 is 0 Å². The van der Waals surface area contributed by atoms with E-state index >= 15 is 0 Å². The molecule has 0 aromatic heterocycles. The maximum atomic E-state index is 13.6. The van der Waals surface area contributed by atoms with Gasteiger partial charge in [0.05, 0.1) is 19.3 Å². The highest BCUT2D eigenvalue weighted by molar-refractivity contribution is 5.36. The van der Waals surface area contributed by atoms with Crippen LogP contribution in [0.25, 0.3) is 0 Å².